The van der Waals surface area contributed by atoms with Crippen LogP contribution in [0.1, 0.15) is 194 Å². The number of carbonyl (C=O) groups excluding carboxylic acids is 1. The molecule has 0 aliphatic heterocycles. The number of rotatable bonds is 42. The third-order valence-electron chi connectivity index (χ3n) is 9.34. The van der Waals surface area contributed by atoms with Crippen molar-refractivity contribution in [2.75, 3.05) is 33.0 Å². The molecular formula is C44H83O9P. The molecule has 3 atom stereocenters. The summed E-state index contributed by atoms with van der Waals surface area (Å²) in [6, 6.07) is 0. The maximum atomic E-state index is 12.6. The van der Waals surface area contributed by atoms with Gasteiger partial charge >= 0.3 is 13.8 Å². The topological polar surface area (TPSA) is 132 Å². The molecule has 0 rings (SSSR count). The average molecular weight is 787 g/mol. The fraction of sp³-hybridized carbons (Fsp3) is 0.841. The van der Waals surface area contributed by atoms with E-state index in [2.05, 4.69) is 50.3 Å². The van der Waals surface area contributed by atoms with E-state index in [0.717, 1.165) is 70.6 Å². The first-order valence-electron chi connectivity index (χ1n) is 22.0. The summed E-state index contributed by atoms with van der Waals surface area (Å²) < 4.78 is 33.3. The third-order valence-corrected chi connectivity index (χ3v) is 10.3. The van der Waals surface area contributed by atoms with Crippen LogP contribution in [0.2, 0.25) is 0 Å². The van der Waals surface area contributed by atoms with Crippen molar-refractivity contribution in [2.24, 2.45) is 0 Å². The summed E-state index contributed by atoms with van der Waals surface area (Å²) >= 11 is 0. The van der Waals surface area contributed by atoms with Crippen LogP contribution in [0.4, 0.5) is 0 Å². The lowest BCUT2D eigenvalue weighted by Crippen LogP contribution is -2.29. The minimum Gasteiger partial charge on any atom is -0.457 e. The Labute approximate surface area is 331 Å². The molecule has 0 amide bonds. The summed E-state index contributed by atoms with van der Waals surface area (Å²) in [5, 5.41) is 18.3. The lowest BCUT2D eigenvalue weighted by Gasteiger charge is -2.20. The summed E-state index contributed by atoms with van der Waals surface area (Å²) in [4.78, 5) is 22.6. The van der Waals surface area contributed by atoms with Crippen molar-refractivity contribution in [2.45, 2.75) is 206 Å². The summed E-state index contributed by atoms with van der Waals surface area (Å²) in [5.41, 5.74) is 0. The zero-order chi connectivity index (χ0) is 39.6. The van der Waals surface area contributed by atoms with Crippen LogP contribution in [0.15, 0.2) is 36.5 Å². The van der Waals surface area contributed by atoms with Crippen LogP contribution in [0.5, 0.6) is 0 Å². The Morgan fingerprint density at radius 2 is 1.06 bits per heavy atom. The Morgan fingerprint density at radius 1 is 0.593 bits per heavy atom. The first kappa shape index (κ1) is 52.7. The number of hydrogen-bond acceptors (Lipinski definition) is 8. The number of esters is 1. The van der Waals surface area contributed by atoms with Crippen molar-refractivity contribution in [1.82, 2.24) is 0 Å². The number of hydrogen-bond donors (Lipinski definition) is 3. The minimum atomic E-state index is -4.52. The maximum Gasteiger partial charge on any atom is 0.472 e. The molecule has 0 aromatic rings. The second-order valence-electron chi connectivity index (χ2n) is 14.7. The number of aliphatic hydroxyl groups is 2. The third kappa shape index (κ3) is 40.3. The van der Waals surface area contributed by atoms with Crippen molar-refractivity contribution in [3.8, 4) is 0 Å². The standard InChI is InChI=1S/C44H83O9P/c1-3-5-7-9-11-13-15-17-19-20-21-22-23-24-26-28-30-32-34-36-44(47)53-43(41-52-54(48,49)51-39-42(46)38-45)40-50-37-35-33-31-29-27-25-18-16-14-12-10-8-6-4-2/h6,8,12,14,18,25,42-43,45-46H,3-5,7,9-11,13,15-17,19-24,26-41H2,1-2H3,(H,48,49)/b8-6-,14-12-,25-18-. The van der Waals surface area contributed by atoms with E-state index in [-0.39, 0.29) is 25.6 Å². The lowest BCUT2D eigenvalue weighted by atomic mass is 10.0. The molecule has 0 fully saturated rings. The van der Waals surface area contributed by atoms with E-state index in [4.69, 9.17) is 23.6 Å². The molecule has 0 aromatic carbocycles. The number of ether oxygens (including phenoxy) is 2. The van der Waals surface area contributed by atoms with E-state index >= 15 is 0 Å². The van der Waals surface area contributed by atoms with Crippen molar-refractivity contribution < 1.29 is 43.0 Å². The van der Waals surface area contributed by atoms with Gasteiger partial charge in [-0.25, -0.2) is 4.57 Å². The molecule has 0 bridgehead atoms. The maximum absolute atomic E-state index is 12.6. The van der Waals surface area contributed by atoms with Crippen LogP contribution in [-0.4, -0.2) is 66.3 Å². The van der Waals surface area contributed by atoms with Crippen molar-refractivity contribution in [3.05, 3.63) is 36.5 Å². The Morgan fingerprint density at radius 3 is 1.59 bits per heavy atom. The molecule has 10 heteroatoms. The van der Waals surface area contributed by atoms with Gasteiger partial charge in [0, 0.05) is 13.0 Å². The Balaban J connectivity index is 4.14. The van der Waals surface area contributed by atoms with Crippen molar-refractivity contribution >= 4 is 13.8 Å². The quantitative estimate of drug-likeness (QED) is 0.0239. The lowest BCUT2D eigenvalue weighted by molar-refractivity contribution is -0.154. The first-order valence-corrected chi connectivity index (χ1v) is 23.5. The molecule has 0 radical (unpaired) electrons. The predicted octanol–water partition coefficient (Wildman–Crippen LogP) is 12.0. The molecular weight excluding hydrogens is 703 g/mol. The van der Waals surface area contributed by atoms with Crippen molar-refractivity contribution in [3.63, 3.8) is 0 Å². The van der Waals surface area contributed by atoms with Crippen LogP contribution in [0.3, 0.4) is 0 Å². The van der Waals surface area contributed by atoms with Gasteiger partial charge in [-0.2, -0.15) is 0 Å². The summed E-state index contributed by atoms with van der Waals surface area (Å²) in [6.45, 7) is 3.37. The van der Waals surface area contributed by atoms with Crippen LogP contribution in [0.25, 0.3) is 0 Å². The summed E-state index contributed by atoms with van der Waals surface area (Å²) in [5.74, 6) is -0.388. The number of aliphatic hydroxyl groups excluding tert-OH is 2. The molecule has 0 spiro atoms. The second-order valence-corrected chi connectivity index (χ2v) is 16.1. The van der Waals surface area contributed by atoms with Gasteiger partial charge in [-0.1, -0.05) is 179 Å². The molecule has 0 aromatic heterocycles. The highest BCUT2D eigenvalue weighted by Gasteiger charge is 2.26. The molecule has 3 N–H and O–H groups in total. The van der Waals surface area contributed by atoms with Gasteiger partial charge in [0.15, 0.2) is 0 Å². The minimum absolute atomic E-state index is 0.0364. The fourth-order valence-electron chi connectivity index (χ4n) is 6.02. The van der Waals surface area contributed by atoms with E-state index in [1.54, 1.807) is 0 Å². The monoisotopic (exact) mass is 787 g/mol. The van der Waals surface area contributed by atoms with Crippen molar-refractivity contribution in [1.29, 1.82) is 0 Å². The van der Waals surface area contributed by atoms with E-state index in [1.165, 1.54) is 103 Å². The Bertz CT molecular complexity index is 939. The number of carbonyl (C=O) groups is 1. The van der Waals surface area contributed by atoms with Gasteiger partial charge in [0.05, 0.1) is 26.4 Å². The smallest absolute Gasteiger partial charge is 0.457 e. The number of allylic oxidation sites excluding steroid dienone is 6. The average Bonchev–Trinajstić information content (AvgIpc) is 3.16. The molecule has 0 heterocycles. The molecule has 54 heavy (non-hydrogen) atoms. The normalized spacial score (nSPS) is 14.4. The number of phosphoric acid groups is 1. The second kappa shape index (κ2) is 41.3. The van der Waals surface area contributed by atoms with Crippen LogP contribution in [0, 0.1) is 0 Å². The zero-order valence-electron chi connectivity index (χ0n) is 34.7. The van der Waals surface area contributed by atoms with Gasteiger partial charge < -0.3 is 24.6 Å². The van der Waals surface area contributed by atoms with E-state index in [9.17, 15) is 19.4 Å². The largest absolute Gasteiger partial charge is 0.472 e. The molecule has 0 saturated heterocycles. The fourth-order valence-corrected chi connectivity index (χ4v) is 6.81. The summed E-state index contributed by atoms with van der Waals surface area (Å²) in [7, 11) is -4.52. The van der Waals surface area contributed by atoms with E-state index in [1.807, 2.05) is 0 Å². The molecule has 0 saturated carbocycles. The zero-order valence-corrected chi connectivity index (χ0v) is 35.6. The number of phosphoric ester groups is 1. The molecule has 318 valence electrons. The van der Waals surface area contributed by atoms with Crippen LogP contribution in [-0.2, 0) is 27.9 Å². The summed E-state index contributed by atoms with van der Waals surface area (Å²) in [6.07, 6.45) is 43.9. The van der Waals surface area contributed by atoms with Gasteiger partial charge in [0.25, 0.3) is 0 Å². The Kier molecular flexibility index (Phi) is 40.3. The van der Waals surface area contributed by atoms with Gasteiger partial charge in [-0.3, -0.25) is 13.8 Å². The Hall–Kier alpha value is -1.32. The van der Waals surface area contributed by atoms with Crippen LogP contribution < -0.4 is 0 Å². The molecule has 3 unspecified atom stereocenters. The first-order chi connectivity index (χ1) is 26.3. The predicted molar refractivity (Wildman–Crippen MR) is 224 cm³/mol. The van der Waals surface area contributed by atoms with E-state index < -0.39 is 33.2 Å². The van der Waals surface area contributed by atoms with Gasteiger partial charge in [0.1, 0.15) is 12.2 Å². The SMILES string of the molecule is CC/C=C\C/C=C\C/C=C\CCCCCCOCC(COP(=O)(O)OCC(O)CO)OC(=O)CCCCCCCCCCCCCCCCCCCCC. The molecule has 9 nitrogen and oxygen atoms in total. The highest BCUT2D eigenvalue weighted by molar-refractivity contribution is 7.47. The van der Waals surface area contributed by atoms with E-state index in [0.29, 0.717) is 6.61 Å². The molecule has 0 aliphatic rings. The van der Waals surface area contributed by atoms with Gasteiger partial charge in [-0.15, -0.1) is 0 Å². The number of unbranched alkanes of at least 4 members (excludes halogenated alkanes) is 22. The molecule has 0 aliphatic carbocycles. The highest BCUT2D eigenvalue weighted by Crippen LogP contribution is 2.43. The van der Waals surface area contributed by atoms with Gasteiger partial charge in [0.2, 0.25) is 0 Å². The highest BCUT2D eigenvalue weighted by atomic mass is 31.2. The van der Waals surface area contributed by atoms with Gasteiger partial charge in [-0.05, 0) is 44.9 Å². The van der Waals surface area contributed by atoms with Crippen LogP contribution >= 0.6 is 7.82 Å².